The quantitative estimate of drug-likeness (QED) is 0.476. The molecule has 0 saturated heterocycles. The minimum absolute atomic E-state index is 0.830. The van der Waals surface area contributed by atoms with Gasteiger partial charge in [0.25, 0.3) is 0 Å². The van der Waals surface area contributed by atoms with Crippen LogP contribution in [0.1, 0.15) is 0 Å². The van der Waals surface area contributed by atoms with Gasteiger partial charge in [0.05, 0.1) is 0 Å². The average molecular weight is 158 g/mol. The van der Waals surface area contributed by atoms with Gasteiger partial charge < -0.3 is 0 Å². The second kappa shape index (κ2) is 2.22. The predicted molar refractivity (Wildman–Crippen MR) is 30.9 cm³/mol. The van der Waals surface area contributed by atoms with Crippen molar-refractivity contribution in [1.29, 1.82) is 0 Å². The Kier molecular flexibility index (Phi) is 1.58. The van der Waals surface area contributed by atoms with E-state index in [0.29, 0.717) is 0 Å². The maximum atomic E-state index is 10.6. The molecule has 0 aromatic carbocycles. The molecule has 0 aromatic rings. The standard InChI is InChI=1S/C5H7AsO/c7-6-4-2-1-3-5-6/h1-4,6H,5H2. The molecule has 1 rings (SSSR count). The van der Waals surface area contributed by atoms with E-state index in [9.17, 15) is 3.74 Å². The minimum atomic E-state index is -1.84. The van der Waals surface area contributed by atoms with Crippen molar-refractivity contribution in [2.45, 2.75) is 5.21 Å². The Hall–Kier alpha value is -0.162. The molecule has 1 aliphatic rings. The topological polar surface area (TPSA) is 17.1 Å². The third kappa shape index (κ3) is 1.40. The summed E-state index contributed by atoms with van der Waals surface area (Å²) in [7, 11) is 0. The van der Waals surface area contributed by atoms with Gasteiger partial charge in [-0.15, -0.1) is 0 Å². The van der Waals surface area contributed by atoms with Crippen LogP contribution in [0.15, 0.2) is 23.1 Å². The second-order valence-electron chi connectivity index (χ2n) is 1.46. The molecule has 0 saturated carbocycles. The molecule has 0 fully saturated rings. The SMILES string of the molecule is O=[AsH]1C=CC=CC1. The Bertz CT molecular complexity index is 135. The first kappa shape index (κ1) is 4.98. The maximum absolute atomic E-state index is 10.6. The fourth-order valence-electron chi connectivity index (χ4n) is 0.494. The zero-order valence-corrected chi connectivity index (χ0v) is 6.02. The number of hydrogen-bond donors (Lipinski definition) is 0. The second-order valence-corrected chi connectivity index (χ2v) is 4.97. The zero-order valence-electron chi connectivity index (χ0n) is 3.92. The van der Waals surface area contributed by atoms with Crippen molar-refractivity contribution in [3.63, 3.8) is 0 Å². The molecule has 38 valence electrons. The normalized spacial score (nSPS) is 28.3. The van der Waals surface area contributed by atoms with E-state index in [2.05, 4.69) is 0 Å². The molecule has 0 N–H and O–H groups in total. The van der Waals surface area contributed by atoms with Crippen molar-refractivity contribution >= 4 is 14.6 Å². The van der Waals surface area contributed by atoms with E-state index in [0.717, 1.165) is 5.21 Å². The van der Waals surface area contributed by atoms with Gasteiger partial charge >= 0.3 is 46.6 Å². The molecule has 1 heterocycles. The van der Waals surface area contributed by atoms with E-state index in [4.69, 9.17) is 0 Å². The summed E-state index contributed by atoms with van der Waals surface area (Å²) in [5.74, 6) is 0. The van der Waals surface area contributed by atoms with E-state index in [1.807, 2.05) is 23.1 Å². The van der Waals surface area contributed by atoms with Crippen LogP contribution < -0.4 is 0 Å². The molecule has 0 radical (unpaired) electrons. The Morgan fingerprint density at radius 2 is 2.29 bits per heavy atom. The van der Waals surface area contributed by atoms with E-state index < -0.39 is 14.6 Å². The Balaban J connectivity index is 2.66. The molecule has 0 aromatic heterocycles. The number of hydrogen-bond acceptors (Lipinski definition) is 1. The fourth-order valence-corrected chi connectivity index (χ4v) is 2.24. The molecular weight excluding hydrogens is 151 g/mol. The number of allylic oxidation sites excluding steroid dienone is 3. The van der Waals surface area contributed by atoms with Crippen LogP contribution in [-0.2, 0) is 3.74 Å². The summed E-state index contributed by atoms with van der Waals surface area (Å²) in [5, 5.41) is 0.830. The molecule has 1 unspecified atom stereocenters. The first-order chi connectivity index (χ1) is 3.39. The predicted octanol–water partition coefficient (Wildman–Crippen LogP) is 0.806. The van der Waals surface area contributed by atoms with Gasteiger partial charge in [-0.25, -0.2) is 0 Å². The van der Waals surface area contributed by atoms with Crippen LogP contribution in [0.4, 0.5) is 0 Å². The Labute approximate surface area is 47.2 Å². The van der Waals surface area contributed by atoms with Crippen molar-refractivity contribution in [3.05, 3.63) is 23.1 Å². The third-order valence-corrected chi connectivity index (χ3v) is 3.37. The monoisotopic (exact) mass is 158 g/mol. The van der Waals surface area contributed by atoms with Gasteiger partial charge in [0.1, 0.15) is 0 Å². The summed E-state index contributed by atoms with van der Waals surface area (Å²) in [6.45, 7) is 0. The summed E-state index contributed by atoms with van der Waals surface area (Å²) in [4.78, 5) is 1.83. The van der Waals surface area contributed by atoms with Crippen molar-refractivity contribution in [3.8, 4) is 0 Å². The van der Waals surface area contributed by atoms with Gasteiger partial charge in [-0.3, -0.25) is 0 Å². The van der Waals surface area contributed by atoms with Gasteiger partial charge in [-0.1, -0.05) is 0 Å². The van der Waals surface area contributed by atoms with Crippen LogP contribution in [0, 0.1) is 0 Å². The molecule has 0 aliphatic carbocycles. The number of rotatable bonds is 0. The van der Waals surface area contributed by atoms with Crippen LogP contribution >= 0.6 is 0 Å². The van der Waals surface area contributed by atoms with Crippen molar-refractivity contribution in [2.24, 2.45) is 0 Å². The van der Waals surface area contributed by atoms with Gasteiger partial charge in [-0.05, 0) is 0 Å². The summed E-state index contributed by atoms with van der Waals surface area (Å²) in [6.07, 6.45) is 5.77. The average Bonchev–Trinajstić information content (AvgIpc) is 1.69. The van der Waals surface area contributed by atoms with Gasteiger partial charge in [-0.2, -0.15) is 0 Å². The van der Waals surface area contributed by atoms with Crippen molar-refractivity contribution in [2.75, 3.05) is 0 Å². The van der Waals surface area contributed by atoms with Crippen LogP contribution in [0.5, 0.6) is 0 Å². The van der Waals surface area contributed by atoms with Crippen molar-refractivity contribution < 1.29 is 3.74 Å². The molecule has 2 heteroatoms. The third-order valence-electron chi connectivity index (χ3n) is 0.848. The summed E-state index contributed by atoms with van der Waals surface area (Å²) in [5.41, 5.74) is 0. The van der Waals surface area contributed by atoms with Gasteiger partial charge in [0.15, 0.2) is 0 Å². The molecule has 0 amide bonds. The summed E-state index contributed by atoms with van der Waals surface area (Å²) in [6, 6.07) is 0. The Morgan fingerprint density at radius 1 is 1.43 bits per heavy atom. The van der Waals surface area contributed by atoms with Crippen molar-refractivity contribution in [1.82, 2.24) is 0 Å². The fraction of sp³-hybridized carbons (Fsp3) is 0.200. The van der Waals surface area contributed by atoms with Crippen LogP contribution in [0.2, 0.25) is 5.21 Å². The summed E-state index contributed by atoms with van der Waals surface area (Å²) < 4.78 is 10.6. The molecule has 1 nitrogen and oxygen atoms in total. The molecule has 0 spiro atoms. The molecule has 0 bridgehead atoms. The van der Waals surface area contributed by atoms with Crippen LogP contribution in [-0.4, -0.2) is 14.6 Å². The van der Waals surface area contributed by atoms with Crippen LogP contribution in [0.25, 0.3) is 0 Å². The molecule has 1 aliphatic heterocycles. The van der Waals surface area contributed by atoms with Gasteiger partial charge in [0, 0.05) is 0 Å². The first-order valence-corrected chi connectivity index (χ1v) is 5.81. The summed E-state index contributed by atoms with van der Waals surface area (Å²) >= 11 is -1.84. The van der Waals surface area contributed by atoms with E-state index >= 15 is 0 Å². The molecule has 1 atom stereocenters. The van der Waals surface area contributed by atoms with E-state index in [1.54, 1.807) is 0 Å². The van der Waals surface area contributed by atoms with E-state index in [-0.39, 0.29) is 0 Å². The van der Waals surface area contributed by atoms with E-state index in [1.165, 1.54) is 0 Å². The van der Waals surface area contributed by atoms with Crippen LogP contribution in [0.3, 0.4) is 0 Å². The molecular formula is C5H7AsO. The van der Waals surface area contributed by atoms with Gasteiger partial charge in [0.2, 0.25) is 0 Å². The molecule has 7 heavy (non-hydrogen) atoms. The Morgan fingerprint density at radius 3 is 2.57 bits per heavy atom. The first-order valence-electron chi connectivity index (χ1n) is 2.25. The zero-order chi connectivity index (χ0) is 5.11.